The SMILES string of the molecule is C/C(=N/OCO/N=C(\C)c1ccc(C)cc1)c1ccc(C)cc1. The molecule has 0 unspecified atom stereocenters. The molecule has 2 aromatic carbocycles. The van der Waals surface area contributed by atoms with E-state index in [-0.39, 0.29) is 6.79 Å². The summed E-state index contributed by atoms with van der Waals surface area (Å²) in [5.74, 6) is 0. The monoisotopic (exact) mass is 310 g/mol. The third-order valence-electron chi connectivity index (χ3n) is 3.45. The molecule has 4 heteroatoms. The first-order valence-corrected chi connectivity index (χ1v) is 7.53. The third kappa shape index (κ3) is 5.25. The van der Waals surface area contributed by atoms with Gasteiger partial charge in [-0.3, -0.25) is 0 Å². The second-order valence-corrected chi connectivity index (χ2v) is 5.46. The van der Waals surface area contributed by atoms with E-state index in [9.17, 15) is 0 Å². The first-order valence-electron chi connectivity index (χ1n) is 7.53. The van der Waals surface area contributed by atoms with Gasteiger partial charge in [-0.2, -0.15) is 0 Å². The largest absolute Gasteiger partial charge is 0.352 e. The zero-order chi connectivity index (χ0) is 16.7. The lowest BCUT2D eigenvalue weighted by atomic mass is 10.1. The Morgan fingerprint density at radius 3 is 1.39 bits per heavy atom. The maximum Gasteiger partial charge on any atom is 0.280 e. The van der Waals surface area contributed by atoms with Crippen molar-refractivity contribution in [2.75, 3.05) is 6.79 Å². The highest BCUT2D eigenvalue weighted by molar-refractivity contribution is 5.98. The summed E-state index contributed by atoms with van der Waals surface area (Å²) >= 11 is 0. The second kappa shape index (κ2) is 8.13. The van der Waals surface area contributed by atoms with Gasteiger partial charge in [0, 0.05) is 0 Å². The molecule has 4 nitrogen and oxygen atoms in total. The molecule has 0 amide bonds. The maximum absolute atomic E-state index is 5.14. The molecule has 0 bridgehead atoms. The molecular formula is C19H22N2O2. The Balaban J connectivity index is 1.82. The number of rotatable bonds is 6. The molecule has 0 saturated heterocycles. The van der Waals surface area contributed by atoms with Crippen LogP contribution < -0.4 is 0 Å². The van der Waals surface area contributed by atoms with E-state index in [2.05, 4.69) is 24.2 Å². The predicted octanol–water partition coefficient (Wildman–Crippen LogP) is 4.44. The minimum atomic E-state index is -0.0214. The van der Waals surface area contributed by atoms with Gasteiger partial charge in [0.25, 0.3) is 6.79 Å². The fraction of sp³-hybridized carbons (Fsp3) is 0.263. The molecule has 0 radical (unpaired) electrons. The summed E-state index contributed by atoms with van der Waals surface area (Å²) in [7, 11) is 0. The highest BCUT2D eigenvalue weighted by Crippen LogP contribution is 2.06. The summed E-state index contributed by atoms with van der Waals surface area (Å²) in [6.45, 7) is 7.87. The van der Waals surface area contributed by atoms with Gasteiger partial charge in [-0.1, -0.05) is 70.0 Å². The van der Waals surface area contributed by atoms with Crippen molar-refractivity contribution in [1.29, 1.82) is 0 Å². The smallest absolute Gasteiger partial charge is 0.280 e. The average Bonchev–Trinajstić information content (AvgIpc) is 2.55. The van der Waals surface area contributed by atoms with Crippen LogP contribution in [-0.2, 0) is 9.68 Å². The van der Waals surface area contributed by atoms with E-state index in [0.29, 0.717) is 0 Å². The van der Waals surface area contributed by atoms with Gasteiger partial charge in [-0.05, 0) is 38.8 Å². The molecule has 0 atom stereocenters. The molecule has 120 valence electrons. The fourth-order valence-electron chi connectivity index (χ4n) is 1.96. The Kier molecular flexibility index (Phi) is 5.92. The molecule has 0 fully saturated rings. The summed E-state index contributed by atoms with van der Waals surface area (Å²) in [5, 5.41) is 8.06. The molecule has 0 heterocycles. The Morgan fingerprint density at radius 2 is 1.04 bits per heavy atom. The van der Waals surface area contributed by atoms with Gasteiger partial charge in [-0.15, -0.1) is 0 Å². The van der Waals surface area contributed by atoms with Gasteiger partial charge >= 0.3 is 0 Å². The normalized spacial score (nSPS) is 12.2. The molecule has 23 heavy (non-hydrogen) atoms. The van der Waals surface area contributed by atoms with Gasteiger partial charge in [0.15, 0.2) is 0 Å². The number of hydrogen-bond acceptors (Lipinski definition) is 4. The van der Waals surface area contributed by atoms with E-state index in [1.54, 1.807) is 0 Å². The molecule has 0 N–H and O–H groups in total. The van der Waals surface area contributed by atoms with Crippen LogP contribution in [0.2, 0.25) is 0 Å². The Hall–Kier alpha value is -2.62. The molecule has 0 aliphatic heterocycles. The summed E-state index contributed by atoms with van der Waals surface area (Å²) < 4.78 is 0. The minimum Gasteiger partial charge on any atom is -0.352 e. The standard InChI is InChI=1S/C19H22N2O2/c1-14-5-9-18(10-6-14)16(3)20-22-13-23-21-17(4)19-11-7-15(2)8-12-19/h5-12H,13H2,1-4H3/b20-16-,21-17+. The number of benzene rings is 2. The van der Waals surface area contributed by atoms with Crippen LogP contribution in [0.3, 0.4) is 0 Å². The van der Waals surface area contributed by atoms with E-state index in [1.165, 1.54) is 11.1 Å². The van der Waals surface area contributed by atoms with Crippen LogP contribution in [0.4, 0.5) is 0 Å². The highest BCUT2D eigenvalue weighted by Gasteiger charge is 1.99. The number of hydrogen-bond donors (Lipinski definition) is 0. The topological polar surface area (TPSA) is 43.2 Å². The van der Waals surface area contributed by atoms with Crippen molar-refractivity contribution < 1.29 is 9.68 Å². The molecule has 0 aliphatic rings. The van der Waals surface area contributed by atoms with Crippen molar-refractivity contribution in [1.82, 2.24) is 0 Å². The molecule has 0 aromatic heterocycles. The van der Waals surface area contributed by atoms with E-state index in [0.717, 1.165) is 22.6 Å². The molecule has 0 spiro atoms. The Morgan fingerprint density at radius 1 is 0.696 bits per heavy atom. The molecule has 2 rings (SSSR count). The first kappa shape index (κ1) is 16.7. The number of aryl methyl sites for hydroxylation is 2. The summed E-state index contributed by atoms with van der Waals surface area (Å²) in [6, 6.07) is 16.2. The van der Waals surface area contributed by atoms with Crippen molar-refractivity contribution >= 4 is 11.4 Å². The second-order valence-electron chi connectivity index (χ2n) is 5.46. The zero-order valence-corrected chi connectivity index (χ0v) is 14.0. The van der Waals surface area contributed by atoms with Gasteiger partial charge < -0.3 is 9.68 Å². The van der Waals surface area contributed by atoms with Crippen LogP contribution in [0, 0.1) is 13.8 Å². The quantitative estimate of drug-likeness (QED) is 0.342. The summed E-state index contributed by atoms with van der Waals surface area (Å²) in [6.07, 6.45) is 0. The fourth-order valence-corrected chi connectivity index (χ4v) is 1.96. The lowest BCUT2D eigenvalue weighted by molar-refractivity contribution is -0.0505. The Labute approximate surface area is 137 Å². The predicted molar refractivity (Wildman–Crippen MR) is 93.8 cm³/mol. The van der Waals surface area contributed by atoms with Gasteiger partial charge in [0.05, 0.1) is 11.4 Å². The van der Waals surface area contributed by atoms with Crippen LogP contribution in [0.25, 0.3) is 0 Å². The molecule has 0 aliphatic carbocycles. The van der Waals surface area contributed by atoms with Crippen molar-refractivity contribution in [2.45, 2.75) is 27.7 Å². The van der Waals surface area contributed by atoms with E-state index >= 15 is 0 Å². The Bertz CT molecular complexity index is 625. The van der Waals surface area contributed by atoms with Crippen LogP contribution >= 0.6 is 0 Å². The number of nitrogens with zero attached hydrogens (tertiary/aromatic N) is 2. The van der Waals surface area contributed by atoms with Gasteiger partial charge in [0.2, 0.25) is 0 Å². The van der Waals surface area contributed by atoms with Crippen LogP contribution in [-0.4, -0.2) is 18.2 Å². The third-order valence-corrected chi connectivity index (χ3v) is 3.45. The zero-order valence-electron chi connectivity index (χ0n) is 14.0. The lowest BCUT2D eigenvalue weighted by Crippen LogP contribution is -2.00. The van der Waals surface area contributed by atoms with Crippen molar-refractivity contribution in [3.8, 4) is 0 Å². The van der Waals surface area contributed by atoms with Crippen LogP contribution in [0.1, 0.15) is 36.1 Å². The van der Waals surface area contributed by atoms with Gasteiger partial charge in [-0.25, -0.2) is 0 Å². The molecular weight excluding hydrogens is 288 g/mol. The first-order chi connectivity index (χ1) is 11.1. The molecule has 2 aromatic rings. The minimum absolute atomic E-state index is 0.0214. The van der Waals surface area contributed by atoms with E-state index in [1.807, 2.05) is 62.4 Å². The van der Waals surface area contributed by atoms with Crippen molar-refractivity contribution in [3.05, 3.63) is 70.8 Å². The van der Waals surface area contributed by atoms with Crippen LogP contribution in [0.15, 0.2) is 58.8 Å². The average molecular weight is 310 g/mol. The molecule has 0 saturated carbocycles. The van der Waals surface area contributed by atoms with Crippen molar-refractivity contribution in [2.24, 2.45) is 10.3 Å². The van der Waals surface area contributed by atoms with Crippen LogP contribution in [0.5, 0.6) is 0 Å². The van der Waals surface area contributed by atoms with Crippen molar-refractivity contribution in [3.63, 3.8) is 0 Å². The summed E-state index contributed by atoms with van der Waals surface area (Å²) in [4.78, 5) is 10.3. The van der Waals surface area contributed by atoms with E-state index < -0.39 is 0 Å². The van der Waals surface area contributed by atoms with Gasteiger partial charge in [0.1, 0.15) is 0 Å². The maximum atomic E-state index is 5.14. The summed E-state index contributed by atoms with van der Waals surface area (Å²) in [5.41, 5.74) is 6.07. The lowest BCUT2D eigenvalue weighted by Gasteiger charge is -2.04. The number of oxime groups is 2. The highest BCUT2D eigenvalue weighted by atomic mass is 16.8. The van der Waals surface area contributed by atoms with E-state index in [4.69, 9.17) is 9.68 Å².